The molecule has 1 aromatic heterocycles. The molecule has 1 aromatic carbocycles. The van der Waals surface area contributed by atoms with Crippen LogP contribution in [-0.4, -0.2) is 50.2 Å². The predicted octanol–water partition coefficient (Wildman–Crippen LogP) is 1.16. The number of aromatic nitrogens is 1. The summed E-state index contributed by atoms with van der Waals surface area (Å²) in [4.78, 5) is 20.6. The van der Waals surface area contributed by atoms with Gasteiger partial charge in [0.25, 0.3) is 0 Å². The Kier molecular flexibility index (Phi) is 8.14. The number of carbonyl (C=O) groups excluding carboxylic acids is 1. The Hall–Kier alpha value is -2.87. The van der Waals surface area contributed by atoms with Gasteiger partial charge in [-0.3, -0.25) is 4.79 Å². The molecule has 1 heterocycles. The first-order chi connectivity index (χ1) is 12.7. The van der Waals surface area contributed by atoms with E-state index in [1.165, 1.54) is 0 Å². The second-order valence-corrected chi connectivity index (χ2v) is 5.40. The van der Waals surface area contributed by atoms with Crippen molar-refractivity contribution in [2.75, 3.05) is 33.4 Å². The Bertz CT molecular complexity index is 700. The molecular weight excluding hydrogens is 334 g/mol. The van der Waals surface area contributed by atoms with E-state index in [0.717, 1.165) is 5.56 Å². The number of nitrogens with zero attached hydrogens (tertiary/aromatic N) is 2. The minimum absolute atomic E-state index is 0.125. The van der Waals surface area contributed by atoms with Crippen LogP contribution in [0.25, 0.3) is 11.5 Å². The number of benzene rings is 1. The van der Waals surface area contributed by atoms with Gasteiger partial charge in [0.1, 0.15) is 12.0 Å². The molecule has 2 aromatic rings. The van der Waals surface area contributed by atoms with E-state index < -0.39 is 0 Å². The Morgan fingerprint density at radius 2 is 2.04 bits per heavy atom. The normalized spacial score (nSPS) is 11.2. The van der Waals surface area contributed by atoms with Crippen LogP contribution in [0.3, 0.4) is 0 Å². The molecule has 0 saturated heterocycles. The third-order valence-electron chi connectivity index (χ3n) is 3.36. The maximum Gasteiger partial charge on any atom is 0.239 e. The van der Waals surface area contributed by atoms with Gasteiger partial charge in [-0.05, 0) is 19.1 Å². The van der Waals surface area contributed by atoms with Crippen LogP contribution in [0.2, 0.25) is 0 Å². The smallest absolute Gasteiger partial charge is 0.239 e. The number of hydrogen-bond donors (Lipinski definition) is 3. The summed E-state index contributed by atoms with van der Waals surface area (Å²) in [6, 6.07) is 9.68. The second-order valence-electron chi connectivity index (χ2n) is 5.40. The summed E-state index contributed by atoms with van der Waals surface area (Å²) in [5.74, 6) is 0.977. The molecular formula is C18H25N5O3. The van der Waals surface area contributed by atoms with E-state index in [1.807, 2.05) is 37.3 Å². The first kappa shape index (κ1) is 19.5. The zero-order chi connectivity index (χ0) is 18.6. The van der Waals surface area contributed by atoms with Crippen molar-refractivity contribution in [3.8, 4) is 11.5 Å². The average Bonchev–Trinajstić information content (AvgIpc) is 3.14. The average molecular weight is 359 g/mol. The molecule has 0 radical (unpaired) electrons. The van der Waals surface area contributed by atoms with Gasteiger partial charge in [-0.1, -0.05) is 18.2 Å². The van der Waals surface area contributed by atoms with Gasteiger partial charge in [-0.25, -0.2) is 9.98 Å². The highest BCUT2D eigenvalue weighted by Gasteiger charge is 2.07. The Labute approximate surface area is 153 Å². The summed E-state index contributed by atoms with van der Waals surface area (Å²) in [6.45, 7) is 4.08. The van der Waals surface area contributed by atoms with Crippen LogP contribution in [0.15, 0.2) is 46.0 Å². The van der Waals surface area contributed by atoms with Crippen LogP contribution in [0.1, 0.15) is 12.6 Å². The Morgan fingerprint density at radius 1 is 1.23 bits per heavy atom. The molecule has 1 amide bonds. The van der Waals surface area contributed by atoms with E-state index >= 15 is 0 Å². The minimum Gasteiger partial charge on any atom is -0.444 e. The molecule has 8 nitrogen and oxygen atoms in total. The Balaban J connectivity index is 1.88. The molecule has 3 N–H and O–H groups in total. The zero-order valence-electron chi connectivity index (χ0n) is 15.1. The maximum atomic E-state index is 11.7. The van der Waals surface area contributed by atoms with Crippen molar-refractivity contribution >= 4 is 11.9 Å². The van der Waals surface area contributed by atoms with Crippen molar-refractivity contribution in [3.05, 3.63) is 42.3 Å². The van der Waals surface area contributed by atoms with Gasteiger partial charge >= 0.3 is 0 Å². The summed E-state index contributed by atoms with van der Waals surface area (Å²) in [5.41, 5.74) is 1.63. The second kappa shape index (κ2) is 10.9. The van der Waals surface area contributed by atoms with Gasteiger partial charge in [0.15, 0.2) is 5.96 Å². The molecule has 0 fully saturated rings. The van der Waals surface area contributed by atoms with Crippen LogP contribution in [0.5, 0.6) is 0 Å². The summed E-state index contributed by atoms with van der Waals surface area (Å²) < 4.78 is 10.4. The quantitative estimate of drug-likeness (QED) is 0.353. The van der Waals surface area contributed by atoms with Crippen LogP contribution in [0.4, 0.5) is 0 Å². The predicted molar refractivity (Wildman–Crippen MR) is 99.6 cm³/mol. The number of amides is 1. The summed E-state index contributed by atoms with van der Waals surface area (Å²) >= 11 is 0. The first-order valence-electron chi connectivity index (χ1n) is 8.50. The molecule has 0 unspecified atom stereocenters. The molecule has 0 aliphatic heterocycles. The highest BCUT2D eigenvalue weighted by molar-refractivity contribution is 5.86. The van der Waals surface area contributed by atoms with E-state index in [9.17, 15) is 4.79 Å². The summed E-state index contributed by atoms with van der Waals surface area (Å²) in [6.07, 6.45) is 1.59. The van der Waals surface area contributed by atoms with Crippen LogP contribution < -0.4 is 16.0 Å². The lowest BCUT2D eigenvalue weighted by Crippen LogP contribution is -2.43. The van der Waals surface area contributed by atoms with Crippen molar-refractivity contribution in [2.45, 2.75) is 13.5 Å². The van der Waals surface area contributed by atoms with E-state index in [0.29, 0.717) is 43.8 Å². The third kappa shape index (κ3) is 6.56. The zero-order valence-corrected chi connectivity index (χ0v) is 15.1. The van der Waals surface area contributed by atoms with E-state index in [2.05, 4.69) is 25.9 Å². The maximum absolute atomic E-state index is 11.7. The topological polar surface area (TPSA) is 101 Å². The first-order valence-corrected chi connectivity index (χ1v) is 8.50. The number of ether oxygens (including phenoxy) is 1. The number of hydrogen-bond acceptors (Lipinski definition) is 5. The number of methoxy groups -OCH3 is 1. The monoisotopic (exact) mass is 359 g/mol. The SMILES string of the molecule is CCNC(=NCc1coc(-c2ccccc2)n1)NCC(=O)NCCOC. The molecule has 0 saturated carbocycles. The van der Waals surface area contributed by atoms with Crippen molar-refractivity contribution < 1.29 is 13.9 Å². The van der Waals surface area contributed by atoms with E-state index in [4.69, 9.17) is 9.15 Å². The summed E-state index contributed by atoms with van der Waals surface area (Å²) in [7, 11) is 1.59. The lowest BCUT2D eigenvalue weighted by atomic mass is 10.2. The van der Waals surface area contributed by atoms with Crippen LogP contribution >= 0.6 is 0 Å². The molecule has 0 aliphatic carbocycles. The van der Waals surface area contributed by atoms with Gasteiger partial charge in [-0.15, -0.1) is 0 Å². The van der Waals surface area contributed by atoms with Gasteiger partial charge in [0.05, 0.1) is 19.7 Å². The van der Waals surface area contributed by atoms with Crippen LogP contribution in [0, 0.1) is 0 Å². The molecule has 2 rings (SSSR count). The number of aliphatic imine (C=N–C) groups is 1. The molecule has 26 heavy (non-hydrogen) atoms. The molecule has 0 bridgehead atoms. The fourth-order valence-electron chi connectivity index (χ4n) is 2.11. The third-order valence-corrected chi connectivity index (χ3v) is 3.36. The number of carbonyl (C=O) groups is 1. The standard InChI is InChI=1S/C18H25N5O3/c1-3-19-18(22-12-16(24)20-9-10-25-2)21-11-15-13-26-17(23-15)14-7-5-4-6-8-14/h4-8,13H,3,9-12H2,1-2H3,(H,20,24)(H2,19,21,22). The van der Waals surface area contributed by atoms with Crippen molar-refractivity contribution in [1.82, 2.24) is 20.9 Å². The van der Waals surface area contributed by atoms with Gasteiger partial charge < -0.3 is 25.1 Å². The largest absolute Gasteiger partial charge is 0.444 e. The molecule has 0 atom stereocenters. The highest BCUT2D eigenvalue weighted by Crippen LogP contribution is 2.18. The number of oxazole rings is 1. The van der Waals surface area contributed by atoms with Gasteiger partial charge in [0, 0.05) is 25.8 Å². The molecule has 140 valence electrons. The van der Waals surface area contributed by atoms with Crippen molar-refractivity contribution in [1.29, 1.82) is 0 Å². The lowest BCUT2D eigenvalue weighted by molar-refractivity contribution is -0.120. The number of guanidine groups is 1. The van der Waals surface area contributed by atoms with Crippen molar-refractivity contribution in [2.24, 2.45) is 4.99 Å². The summed E-state index contributed by atoms with van der Waals surface area (Å²) in [5, 5.41) is 8.81. The molecule has 0 aliphatic rings. The lowest BCUT2D eigenvalue weighted by Gasteiger charge is -2.11. The molecule has 0 spiro atoms. The fraction of sp³-hybridized carbons (Fsp3) is 0.389. The van der Waals surface area contributed by atoms with Crippen molar-refractivity contribution in [3.63, 3.8) is 0 Å². The number of nitrogens with one attached hydrogen (secondary N) is 3. The molecule has 8 heteroatoms. The Morgan fingerprint density at radius 3 is 2.77 bits per heavy atom. The van der Waals surface area contributed by atoms with Gasteiger partial charge in [0.2, 0.25) is 11.8 Å². The van der Waals surface area contributed by atoms with Gasteiger partial charge in [-0.2, -0.15) is 0 Å². The van der Waals surface area contributed by atoms with E-state index in [1.54, 1.807) is 13.4 Å². The number of rotatable bonds is 9. The minimum atomic E-state index is -0.125. The van der Waals surface area contributed by atoms with E-state index in [-0.39, 0.29) is 12.5 Å². The fourth-order valence-corrected chi connectivity index (χ4v) is 2.11. The highest BCUT2D eigenvalue weighted by atomic mass is 16.5. The van der Waals surface area contributed by atoms with Crippen LogP contribution in [-0.2, 0) is 16.1 Å².